The summed E-state index contributed by atoms with van der Waals surface area (Å²) in [7, 11) is 0. The molecule has 1 amide bonds. The van der Waals surface area contributed by atoms with Crippen molar-refractivity contribution < 1.29 is 9.59 Å². The van der Waals surface area contributed by atoms with Crippen LogP contribution < -0.4 is 5.32 Å². The van der Waals surface area contributed by atoms with Crippen LogP contribution in [0, 0.1) is 0 Å². The van der Waals surface area contributed by atoms with E-state index in [9.17, 15) is 9.59 Å². The fourth-order valence-corrected chi connectivity index (χ4v) is 4.12. The second kappa shape index (κ2) is 10.2. The van der Waals surface area contributed by atoms with Gasteiger partial charge in [0, 0.05) is 24.1 Å². The van der Waals surface area contributed by atoms with Crippen molar-refractivity contribution in [2.75, 3.05) is 5.32 Å². The molecule has 0 bridgehead atoms. The van der Waals surface area contributed by atoms with Gasteiger partial charge in [0.2, 0.25) is 5.91 Å². The van der Waals surface area contributed by atoms with E-state index in [2.05, 4.69) is 15.3 Å². The molecule has 5 aromatic rings. The Bertz CT molecular complexity index is 1460. The third-order valence-corrected chi connectivity index (χ3v) is 5.84. The molecule has 35 heavy (non-hydrogen) atoms. The largest absolute Gasteiger partial charge is 0.338 e. The van der Waals surface area contributed by atoms with Gasteiger partial charge in [0.1, 0.15) is 11.6 Å². The summed E-state index contributed by atoms with van der Waals surface area (Å²) in [6.07, 6.45) is 1.15. The maximum atomic E-state index is 12.5. The highest BCUT2D eigenvalue weighted by molar-refractivity contribution is 5.92. The summed E-state index contributed by atoms with van der Waals surface area (Å²) >= 11 is 0. The second-order valence-corrected chi connectivity index (χ2v) is 8.60. The number of fused-ring (bicyclic) bond motifs is 1. The molecule has 5 rings (SSSR count). The van der Waals surface area contributed by atoms with Gasteiger partial charge in [-0.2, -0.15) is 0 Å². The Morgan fingerprint density at radius 1 is 0.686 bits per heavy atom. The Balaban J connectivity index is 1.24. The molecule has 0 saturated heterocycles. The van der Waals surface area contributed by atoms with E-state index in [1.165, 1.54) is 0 Å². The quantitative estimate of drug-likeness (QED) is 0.310. The number of H-pyrrole nitrogens is 1. The molecule has 2 N–H and O–H groups in total. The predicted molar refractivity (Wildman–Crippen MR) is 139 cm³/mol. The maximum absolute atomic E-state index is 12.5. The number of nitrogens with zero attached hydrogens (tertiary/aromatic N) is 1. The first-order chi connectivity index (χ1) is 17.1. The summed E-state index contributed by atoms with van der Waals surface area (Å²) < 4.78 is 0. The van der Waals surface area contributed by atoms with Crippen LogP contribution in [0.5, 0.6) is 0 Å². The highest BCUT2D eigenvalue weighted by Gasteiger charge is 2.10. The zero-order valence-electron chi connectivity index (χ0n) is 19.2. The van der Waals surface area contributed by atoms with Gasteiger partial charge in [-0.25, -0.2) is 4.98 Å². The number of Topliss-reactive ketones (excluding diaryl/α,β-unsaturated/α-hetero) is 1. The van der Waals surface area contributed by atoms with Crippen LogP contribution in [0.3, 0.4) is 0 Å². The topological polar surface area (TPSA) is 74.8 Å². The van der Waals surface area contributed by atoms with E-state index in [0.29, 0.717) is 19.3 Å². The van der Waals surface area contributed by atoms with Crippen LogP contribution in [0.25, 0.3) is 22.4 Å². The van der Waals surface area contributed by atoms with E-state index < -0.39 is 0 Å². The number of rotatable bonds is 8. The van der Waals surface area contributed by atoms with Crippen LogP contribution in [-0.4, -0.2) is 21.7 Å². The van der Waals surface area contributed by atoms with Gasteiger partial charge in [-0.3, -0.25) is 9.59 Å². The van der Waals surface area contributed by atoms with E-state index in [1.807, 2.05) is 103 Å². The Hall–Kier alpha value is -4.51. The smallest absolute Gasteiger partial charge is 0.228 e. The fourth-order valence-electron chi connectivity index (χ4n) is 4.12. The Morgan fingerprint density at radius 2 is 1.31 bits per heavy atom. The van der Waals surface area contributed by atoms with Gasteiger partial charge in [-0.15, -0.1) is 0 Å². The highest BCUT2D eigenvalue weighted by atomic mass is 16.1. The molecule has 0 unspecified atom stereocenters. The third-order valence-electron chi connectivity index (χ3n) is 5.84. The SMILES string of the molecule is O=C(Cc1ccccc1)Cc1ccc2nc(-c3ccc(NC(=O)Cc4ccccc4)cc3)[nH]c2c1. The normalized spacial score (nSPS) is 10.9. The van der Waals surface area contributed by atoms with Crippen molar-refractivity contribution in [2.24, 2.45) is 0 Å². The number of hydrogen-bond acceptors (Lipinski definition) is 3. The first-order valence-electron chi connectivity index (χ1n) is 11.6. The van der Waals surface area contributed by atoms with Gasteiger partial charge in [0.15, 0.2) is 0 Å². The standard InChI is InChI=1S/C30H25N3O2/c34-26(17-21-7-3-1-4-8-21)18-23-11-16-27-28(19-23)33-30(32-27)24-12-14-25(15-13-24)31-29(35)20-22-9-5-2-6-10-22/h1-16,19H,17-18,20H2,(H,31,35)(H,32,33). The van der Waals surface area contributed by atoms with Gasteiger partial charge in [-0.05, 0) is 53.1 Å². The minimum atomic E-state index is -0.0537. The summed E-state index contributed by atoms with van der Waals surface area (Å²) in [5.74, 6) is 0.872. The number of carbonyl (C=O) groups is 2. The molecule has 0 radical (unpaired) electrons. The minimum Gasteiger partial charge on any atom is -0.338 e. The molecule has 172 valence electrons. The number of benzene rings is 4. The minimum absolute atomic E-state index is 0.0537. The zero-order valence-corrected chi connectivity index (χ0v) is 19.2. The summed E-state index contributed by atoms with van der Waals surface area (Å²) in [6.45, 7) is 0. The molecule has 0 aliphatic carbocycles. The summed E-state index contributed by atoms with van der Waals surface area (Å²) in [5, 5.41) is 2.94. The number of carbonyl (C=O) groups excluding carboxylic acids is 2. The molecular weight excluding hydrogens is 434 g/mol. The molecule has 0 fully saturated rings. The summed E-state index contributed by atoms with van der Waals surface area (Å²) in [6, 6.07) is 33.0. The van der Waals surface area contributed by atoms with Crippen molar-refractivity contribution in [3.05, 3.63) is 120 Å². The van der Waals surface area contributed by atoms with Gasteiger partial charge in [0.25, 0.3) is 0 Å². The monoisotopic (exact) mass is 459 g/mol. The fraction of sp³-hybridized carbons (Fsp3) is 0.100. The highest BCUT2D eigenvalue weighted by Crippen LogP contribution is 2.23. The third kappa shape index (κ3) is 5.71. The second-order valence-electron chi connectivity index (χ2n) is 8.60. The lowest BCUT2D eigenvalue weighted by atomic mass is 10.0. The lowest BCUT2D eigenvalue weighted by Gasteiger charge is -2.06. The predicted octanol–water partition coefficient (Wildman–Crippen LogP) is 5.77. The van der Waals surface area contributed by atoms with Crippen LogP contribution in [0.15, 0.2) is 103 Å². The molecule has 0 saturated carbocycles. The molecule has 4 aromatic carbocycles. The van der Waals surface area contributed by atoms with Gasteiger partial charge in [-0.1, -0.05) is 66.7 Å². The molecule has 1 heterocycles. The lowest BCUT2D eigenvalue weighted by molar-refractivity contribution is -0.118. The number of ketones is 1. The summed E-state index contributed by atoms with van der Waals surface area (Å²) in [5.41, 5.74) is 6.37. The van der Waals surface area contributed by atoms with E-state index >= 15 is 0 Å². The average molecular weight is 460 g/mol. The Kier molecular flexibility index (Phi) is 6.48. The lowest BCUT2D eigenvalue weighted by Crippen LogP contribution is -2.14. The van der Waals surface area contributed by atoms with Gasteiger partial charge in [0.05, 0.1) is 17.5 Å². The van der Waals surface area contributed by atoms with Crippen LogP contribution >= 0.6 is 0 Å². The van der Waals surface area contributed by atoms with E-state index in [0.717, 1.165) is 44.8 Å². The van der Waals surface area contributed by atoms with Crippen molar-refractivity contribution in [3.8, 4) is 11.4 Å². The Labute approximate surface area is 203 Å². The first-order valence-corrected chi connectivity index (χ1v) is 11.6. The maximum Gasteiger partial charge on any atom is 0.228 e. The van der Waals surface area contributed by atoms with Crippen LogP contribution in [0.4, 0.5) is 5.69 Å². The Morgan fingerprint density at radius 3 is 2.00 bits per heavy atom. The molecular formula is C30H25N3O2. The van der Waals surface area contributed by atoms with E-state index in [1.54, 1.807) is 0 Å². The molecule has 0 aliphatic rings. The molecule has 0 atom stereocenters. The van der Waals surface area contributed by atoms with Crippen molar-refractivity contribution in [3.63, 3.8) is 0 Å². The number of anilines is 1. The number of hydrogen-bond donors (Lipinski definition) is 2. The number of aromatic amines is 1. The van der Waals surface area contributed by atoms with Crippen molar-refractivity contribution >= 4 is 28.4 Å². The zero-order chi connectivity index (χ0) is 24.0. The first kappa shape index (κ1) is 22.3. The van der Waals surface area contributed by atoms with E-state index in [-0.39, 0.29) is 11.7 Å². The van der Waals surface area contributed by atoms with Gasteiger partial charge < -0.3 is 10.3 Å². The number of amides is 1. The molecule has 5 heteroatoms. The van der Waals surface area contributed by atoms with Crippen molar-refractivity contribution in [1.29, 1.82) is 0 Å². The van der Waals surface area contributed by atoms with Crippen molar-refractivity contribution in [2.45, 2.75) is 19.3 Å². The molecule has 1 aromatic heterocycles. The number of imidazole rings is 1. The molecule has 5 nitrogen and oxygen atoms in total. The van der Waals surface area contributed by atoms with Crippen LogP contribution in [0.2, 0.25) is 0 Å². The number of nitrogens with one attached hydrogen (secondary N) is 2. The number of aromatic nitrogens is 2. The van der Waals surface area contributed by atoms with Crippen LogP contribution in [-0.2, 0) is 28.9 Å². The van der Waals surface area contributed by atoms with Crippen molar-refractivity contribution in [1.82, 2.24) is 9.97 Å². The molecule has 0 aliphatic heterocycles. The molecule has 0 spiro atoms. The summed E-state index contributed by atoms with van der Waals surface area (Å²) in [4.78, 5) is 32.9. The van der Waals surface area contributed by atoms with E-state index in [4.69, 9.17) is 0 Å². The van der Waals surface area contributed by atoms with Crippen LogP contribution in [0.1, 0.15) is 16.7 Å². The van der Waals surface area contributed by atoms with Gasteiger partial charge >= 0.3 is 0 Å². The average Bonchev–Trinajstić information content (AvgIpc) is 3.29.